The summed E-state index contributed by atoms with van der Waals surface area (Å²) in [4.78, 5) is 13.1. The minimum absolute atomic E-state index is 0.0896. The van der Waals surface area contributed by atoms with Crippen LogP contribution in [-0.4, -0.2) is 50.3 Å². The first-order valence-electron chi connectivity index (χ1n) is 4.68. The van der Waals surface area contributed by atoms with Gasteiger partial charge in [-0.1, -0.05) is 0 Å². The molecule has 1 aliphatic rings. The fourth-order valence-corrected chi connectivity index (χ4v) is 1.42. The zero-order valence-electron chi connectivity index (χ0n) is 8.28. The second-order valence-electron chi connectivity index (χ2n) is 3.29. The molecule has 0 aromatic rings. The van der Waals surface area contributed by atoms with E-state index in [0.29, 0.717) is 6.61 Å². The molecule has 0 N–H and O–H groups in total. The Morgan fingerprint density at radius 3 is 2.92 bits per heavy atom. The van der Waals surface area contributed by atoms with Crippen molar-refractivity contribution in [3.63, 3.8) is 0 Å². The average molecular weight is 187 g/mol. The molecule has 0 aromatic heterocycles. The monoisotopic (exact) mass is 187 g/mol. The number of carbonyl (C=O) groups excluding carboxylic acids is 1. The molecule has 1 unspecified atom stereocenters. The summed E-state index contributed by atoms with van der Waals surface area (Å²) >= 11 is 0. The van der Waals surface area contributed by atoms with E-state index in [1.165, 1.54) is 0 Å². The standard InChI is InChI=1S/C9H17NO3/c1-3-12-9(11)7-13-8-4-5-10(2)6-8/h8H,3-7H2,1-2H3. The molecule has 0 radical (unpaired) electrons. The summed E-state index contributed by atoms with van der Waals surface area (Å²) in [6.45, 7) is 4.27. The molecule has 0 saturated carbocycles. The highest BCUT2D eigenvalue weighted by Gasteiger charge is 2.20. The van der Waals surface area contributed by atoms with Crippen LogP contribution in [0.4, 0.5) is 0 Å². The Morgan fingerprint density at radius 2 is 2.38 bits per heavy atom. The highest BCUT2D eigenvalue weighted by atomic mass is 16.6. The number of hydrogen-bond donors (Lipinski definition) is 0. The van der Waals surface area contributed by atoms with Crippen LogP contribution in [0.15, 0.2) is 0 Å². The molecule has 1 heterocycles. The molecule has 1 rings (SSSR count). The molecule has 1 aliphatic heterocycles. The zero-order valence-corrected chi connectivity index (χ0v) is 8.28. The number of esters is 1. The molecule has 1 saturated heterocycles. The second kappa shape index (κ2) is 5.19. The number of nitrogens with zero attached hydrogens (tertiary/aromatic N) is 1. The van der Waals surface area contributed by atoms with Crippen LogP contribution in [0.1, 0.15) is 13.3 Å². The van der Waals surface area contributed by atoms with E-state index >= 15 is 0 Å². The van der Waals surface area contributed by atoms with Crippen molar-refractivity contribution in [2.75, 3.05) is 33.4 Å². The lowest BCUT2D eigenvalue weighted by Crippen LogP contribution is -2.23. The third-order valence-corrected chi connectivity index (χ3v) is 2.09. The molecule has 13 heavy (non-hydrogen) atoms. The van der Waals surface area contributed by atoms with Gasteiger partial charge in [-0.15, -0.1) is 0 Å². The molecule has 0 amide bonds. The number of rotatable bonds is 4. The fraction of sp³-hybridized carbons (Fsp3) is 0.889. The van der Waals surface area contributed by atoms with Crippen LogP contribution in [0.5, 0.6) is 0 Å². The molecule has 1 fully saturated rings. The van der Waals surface area contributed by atoms with E-state index in [9.17, 15) is 4.79 Å². The maximum Gasteiger partial charge on any atom is 0.332 e. The topological polar surface area (TPSA) is 38.8 Å². The number of hydrogen-bond acceptors (Lipinski definition) is 4. The van der Waals surface area contributed by atoms with Crippen molar-refractivity contribution in [2.24, 2.45) is 0 Å². The Balaban J connectivity index is 2.09. The number of likely N-dealkylation sites (tertiary alicyclic amines) is 1. The van der Waals surface area contributed by atoms with Crippen molar-refractivity contribution in [2.45, 2.75) is 19.4 Å². The Kier molecular flexibility index (Phi) is 4.18. The largest absolute Gasteiger partial charge is 0.464 e. The first-order chi connectivity index (χ1) is 6.22. The van der Waals surface area contributed by atoms with Crippen LogP contribution in [0.3, 0.4) is 0 Å². The van der Waals surface area contributed by atoms with Crippen molar-refractivity contribution in [3.8, 4) is 0 Å². The van der Waals surface area contributed by atoms with Gasteiger partial charge in [0.15, 0.2) is 0 Å². The van der Waals surface area contributed by atoms with Crippen molar-refractivity contribution in [1.29, 1.82) is 0 Å². The molecule has 0 spiro atoms. The van der Waals surface area contributed by atoms with Gasteiger partial charge in [0.05, 0.1) is 12.7 Å². The van der Waals surface area contributed by atoms with E-state index in [2.05, 4.69) is 4.90 Å². The SMILES string of the molecule is CCOC(=O)COC1CCN(C)C1. The van der Waals surface area contributed by atoms with E-state index in [1.807, 2.05) is 7.05 Å². The van der Waals surface area contributed by atoms with Crippen LogP contribution in [-0.2, 0) is 14.3 Å². The lowest BCUT2D eigenvalue weighted by Gasteiger charge is -2.10. The second-order valence-corrected chi connectivity index (χ2v) is 3.29. The first kappa shape index (κ1) is 10.5. The van der Waals surface area contributed by atoms with Crippen LogP contribution in [0, 0.1) is 0 Å². The first-order valence-corrected chi connectivity index (χ1v) is 4.68. The summed E-state index contributed by atoms with van der Waals surface area (Å²) in [5, 5.41) is 0. The van der Waals surface area contributed by atoms with Crippen molar-refractivity contribution >= 4 is 5.97 Å². The third-order valence-electron chi connectivity index (χ3n) is 2.09. The van der Waals surface area contributed by atoms with Gasteiger partial charge >= 0.3 is 5.97 Å². The number of likely N-dealkylation sites (N-methyl/N-ethyl adjacent to an activating group) is 1. The normalized spacial score (nSPS) is 23.4. The molecular weight excluding hydrogens is 170 g/mol. The number of carbonyl (C=O) groups is 1. The van der Waals surface area contributed by atoms with Gasteiger partial charge in [0.1, 0.15) is 6.61 Å². The van der Waals surface area contributed by atoms with Crippen LogP contribution in [0.25, 0.3) is 0 Å². The molecule has 4 nitrogen and oxygen atoms in total. The van der Waals surface area contributed by atoms with Gasteiger partial charge in [-0.25, -0.2) is 4.79 Å². The lowest BCUT2D eigenvalue weighted by atomic mass is 10.3. The predicted molar refractivity (Wildman–Crippen MR) is 48.5 cm³/mol. The fourth-order valence-electron chi connectivity index (χ4n) is 1.42. The van der Waals surface area contributed by atoms with E-state index in [0.717, 1.165) is 19.5 Å². The van der Waals surface area contributed by atoms with Crippen LogP contribution in [0.2, 0.25) is 0 Å². The van der Waals surface area contributed by atoms with Crippen LogP contribution < -0.4 is 0 Å². The molecule has 4 heteroatoms. The molecule has 0 aliphatic carbocycles. The Labute approximate surface area is 78.8 Å². The van der Waals surface area contributed by atoms with Crippen molar-refractivity contribution in [3.05, 3.63) is 0 Å². The van der Waals surface area contributed by atoms with Gasteiger partial charge in [0, 0.05) is 13.1 Å². The molecular formula is C9H17NO3. The maximum absolute atomic E-state index is 10.9. The van der Waals surface area contributed by atoms with Crippen molar-refractivity contribution in [1.82, 2.24) is 4.90 Å². The van der Waals surface area contributed by atoms with Gasteiger partial charge < -0.3 is 14.4 Å². The van der Waals surface area contributed by atoms with Gasteiger partial charge in [0.25, 0.3) is 0 Å². The molecule has 0 bridgehead atoms. The third kappa shape index (κ3) is 3.74. The van der Waals surface area contributed by atoms with E-state index in [1.54, 1.807) is 6.92 Å². The quantitative estimate of drug-likeness (QED) is 0.592. The number of ether oxygens (including phenoxy) is 2. The lowest BCUT2D eigenvalue weighted by molar-refractivity contribution is -0.150. The smallest absolute Gasteiger partial charge is 0.332 e. The minimum Gasteiger partial charge on any atom is -0.464 e. The van der Waals surface area contributed by atoms with Gasteiger partial charge in [-0.05, 0) is 20.4 Å². The van der Waals surface area contributed by atoms with Crippen LogP contribution >= 0.6 is 0 Å². The van der Waals surface area contributed by atoms with E-state index < -0.39 is 0 Å². The highest BCUT2D eigenvalue weighted by Crippen LogP contribution is 2.09. The Hall–Kier alpha value is -0.610. The van der Waals surface area contributed by atoms with Gasteiger partial charge in [-0.3, -0.25) is 0 Å². The Bertz CT molecular complexity index is 172. The van der Waals surface area contributed by atoms with Gasteiger partial charge in [0.2, 0.25) is 0 Å². The summed E-state index contributed by atoms with van der Waals surface area (Å²) in [7, 11) is 2.05. The summed E-state index contributed by atoms with van der Waals surface area (Å²) < 4.78 is 10.1. The molecule has 1 atom stereocenters. The minimum atomic E-state index is -0.267. The van der Waals surface area contributed by atoms with Crippen molar-refractivity contribution < 1.29 is 14.3 Å². The predicted octanol–water partition coefficient (Wildman–Crippen LogP) is 0.270. The molecule has 76 valence electrons. The van der Waals surface area contributed by atoms with E-state index in [4.69, 9.17) is 9.47 Å². The maximum atomic E-state index is 10.9. The average Bonchev–Trinajstić information content (AvgIpc) is 2.49. The highest BCUT2D eigenvalue weighted by molar-refractivity contribution is 5.70. The molecule has 0 aromatic carbocycles. The summed E-state index contributed by atoms with van der Waals surface area (Å²) in [5.74, 6) is -0.267. The van der Waals surface area contributed by atoms with E-state index in [-0.39, 0.29) is 18.7 Å². The van der Waals surface area contributed by atoms with Gasteiger partial charge in [-0.2, -0.15) is 0 Å². The Morgan fingerprint density at radius 1 is 1.62 bits per heavy atom. The zero-order chi connectivity index (χ0) is 9.68. The summed E-state index contributed by atoms with van der Waals surface area (Å²) in [6.07, 6.45) is 1.21. The summed E-state index contributed by atoms with van der Waals surface area (Å²) in [6, 6.07) is 0. The summed E-state index contributed by atoms with van der Waals surface area (Å²) in [5.41, 5.74) is 0.